The van der Waals surface area contributed by atoms with Gasteiger partial charge in [0, 0.05) is 25.6 Å². The molecular weight excluding hydrogens is 286 g/mol. The molecule has 0 fully saturated rings. The zero-order chi connectivity index (χ0) is 16.7. The zero-order valence-electron chi connectivity index (χ0n) is 15.2. The second kappa shape index (κ2) is 9.29. The molecule has 2 aliphatic carbocycles. The summed E-state index contributed by atoms with van der Waals surface area (Å²) in [7, 11) is 3.59. The van der Waals surface area contributed by atoms with E-state index in [1.54, 1.807) is 7.11 Å². The van der Waals surface area contributed by atoms with E-state index in [1.165, 1.54) is 6.42 Å². The summed E-state index contributed by atoms with van der Waals surface area (Å²) in [6.07, 6.45) is 16.2. The Bertz CT molecular complexity index is 439. The zero-order valence-corrected chi connectivity index (χ0v) is 15.2. The maximum atomic E-state index is 5.72. The van der Waals surface area contributed by atoms with E-state index in [0.717, 1.165) is 44.0 Å². The molecule has 0 aromatic carbocycles. The van der Waals surface area contributed by atoms with E-state index in [2.05, 4.69) is 49.1 Å². The van der Waals surface area contributed by atoms with Gasteiger partial charge in [0.1, 0.15) is 5.76 Å². The average Bonchev–Trinajstić information content (AvgIpc) is 2.59. The Labute approximate surface area is 142 Å². The van der Waals surface area contributed by atoms with Crippen LogP contribution in [0.1, 0.15) is 39.5 Å². The Balaban J connectivity index is 2.02. The summed E-state index contributed by atoms with van der Waals surface area (Å²) in [4.78, 5) is 2.63. The molecule has 0 amide bonds. The SMILES string of the molecule is COC1=CCC(N(CCC(C)C)CC2C=CCCC2OC)C=C1. The second-order valence-electron chi connectivity index (χ2n) is 7.09. The maximum absolute atomic E-state index is 5.72. The second-order valence-corrected chi connectivity index (χ2v) is 7.09. The molecule has 3 atom stereocenters. The summed E-state index contributed by atoms with van der Waals surface area (Å²) < 4.78 is 11.1. The van der Waals surface area contributed by atoms with E-state index in [-0.39, 0.29) is 0 Å². The number of methoxy groups -OCH3 is 2. The highest BCUT2D eigenvalue weighted by Crippen LogP contribution is 2.25. The lowest BCUT2D eigenvalue weighted by atomic mass is 9.91. The van der Waals surface area contributed by atoms with Crippen molar-refractivity contribution >= 4 is 0 Å². The van der Waals surface area contributed by atoms with E-state index in [1.807, 2.05) is 7.11 Å². The Morgan fingerprint density at radius 3 is 2.70 bits per heavy atom. The lowest BCUT2D eigenvalue weighted by molar-refractivity contribution is 0.0385. The number of ether oxygens (including phenoxy) is 2. The molecule has 3 nitrogen and oxygen atoms in total. The normalized spacial score (nSPS) is 27.6. The number of nitrogens with zero attached hydrogens (tertiary/aromatic N) is 1. The molecule has 2 rings (SSSR count). The molecule has 0 spiro atoms. The highest BCUT2D eigenvalue weighted by molar-refractivity contribution is 5.20. The molecule has 3 unspecified atom stereocenters. The fourth-order valence-electron chi connectivity index (χ4n) is 3.44. The first-order valence-electron chi connectivity index (χ1n) is 9.00. The third-order valence-electron chi connectivity index (χ3n) is 4.97. The highest BCUT2D eigenvalue weighted by atomic mass is 16.5. The van der Waals surface area contributed by atoms with Gasteiger partial charge in [-0.3, -0.25) is 4.90 Å². The minimum atomic E-state index is 0.360. The van der Waals surface area contributed by atoms with Crippen molar-refractivity contribution < 1.29 is 9.47 Å². The Kier molecular flexibility index (Phi) is 7.38. The summed E-state index contributed by atoms with van der Waals surface area (Å²) in [5.41, 5.74) is 0. The fraction of sp³-hybridized carbons (Fsp3) is 0.700. The highest BCUT2D eigenvalue weighted by Gasteiger charge is 2.26. The molecule has 0 bridgehead atoms. The predicted octanol–water partition coefficient (Wildman–Crippen LogP) is 4.17. The van der Waals surface area contributed by atoms with Gasteiger partial charge in [-0.1, -0.05) is 32.1 Å². The lowest BCUT2D eigenvalue weighted by Gasteiger charge is -2.36. The topological polar surface area (TPSA) is 21.7 Å². The van der Waals surface area contributed by atoms with E-state index < -0.39 is 0 Å². The van der Waals surface area contributed by atoms with Gasteiger partial charge in [-0.15, -0.1) is 0 Å². The number of hydrogen-bond donors (Lipinski definition) is 0. The molecule has 130 valence electrons. The fourth-order valence-corrected chi connectivity index (χ4v) is 3.44. The van der Waals surface area contributed by atoms with Crippen molar-refractivity contribution in [3.63, 3.8) is 0 Å². The molecule has 0 aromatic rings. The largest absolute Gasteiger partial charge is 0.497 e. The van der Waals surface area contributed by atoms with E-state index >= 15 is 0 Å². The van der Waals surface area contributed by atoms with Gasteiger partial charge in [-0.2, -0.15) is 0 Å². The van der Waals surface area contributed by atoms with Gasteiger partial charge in [-0.05, 0) is 50.3 Å². The van der Waals surface area contributed by atoms with Crippen LogP contribution in [-0.2, 0) is 9.47 Å². The number of rotatable bonds is 8. The Morgan fingerprint density at radius 2 is 2.09 bits per heavy atom. The maximum Gasteiger partial charge on any atom is 0.114 e. The van der Waals surface area contributed by atoms with Crippen molar-refractivity contribution in [2.75, 3.05) is 27.3 Å². The summed E-state index contributed by atoms with van der Waals surface area (Å²) in [6, 6.07) is 0.473. The molecule has 0 saturated carbocycles. The van der Waals surface area contributed by atoms with Crippen LogP contribution < -0.4 is 0 Å². The molecule has 3 heteroatoms. The first-order valence-corrected chi connectivity index (χ1v) is 9.00. The minimum absolute atomic E-state index is 0.360. The van der Waals surface area contributed by atoms with Gasteiger partial charge in [-0.25, -0.2) is 0 Å². The van der Waals surface area contributed by atoms with Crippen molar-refractivity contribution in [1.82, 2.24) is 4.90 Å². The monoisotopic (exact) mass is 319 g/mol. The lowest BCUT2D eigenvalue weighted by Crippen LogP contribution is -2.42. The molecule has 0 heterocycles. The Morgan fingerprint density at radius 1 is 1.26 bits per heavy atom. The van der Waals surface area contributed by atoms with Crippen LogP contribution in [0.2, 0.25) is 0 Å². The van der Waals surface area contributed by atoms with Crippen molar-refractivity contribution in [1.29, 1.82) is 0 Å². The van der Waals surface area contributed by atoms with Crippen LogP contribution in [0.25, 0.3) is 0 Å². The van der Waals surface area contributed by atoms with E-state index in [9.17, 15) is 0 Å². The van der Waals surface area contributed by atoms with Crippen molar-refractivity contribution in [2.24, 2.45) is 11.8 Å². The van der Waals surface area contributed by atoms with Gasteiger partial charge >= 0.3 is 0 Å². The summed E-state index contributed by atoms with van der Waals surface area (Å²) in [5, 5.41) is 0. The number of hydrogen-bond acceptors (Lipinski definition) is 3. The van der Waals surface area contributed by atoms with Crippen LogP contribution in [0.3, 0.4) is 0 Å². The molecule has 0 aliphatic heterocycles. The summed E-state index contributed by atoms with van der Waals surface area (Å²) in [6.45, 7) is 6.82. The third kappa shape index (κ3) is 5.50. The van der Waals surface area contributed by atoms with Crippen LogP contribution in [0, 0.1) is 11.8 Å². The van der Waals surface area contributed by atoms with Crippen LogP contribution in [0.4, 0.5) is 0 Å². The quantitative estimate of drug-likeness (QED) is 0.627. The molecule has 0 radical (unpaired) electrons. The van der Waals surface area contributed by atoms with Gasteiger partial charge in [0.05, 0.1) is 13.2 Å². The number of allylic oxidation sites excluding steroid dienone is 2. The Hall–Kier alpha value is -1.06. The molecule has 0 saturated heterocycles. The first kappa shape index (κ1) is 18.3. The van der Waals surface area contributed by atoms with Gasteiger partial charge in [0.2, 0.25) is 0 Å². The molecule has 2 aliphatic rings. The van der Waals surface area contributed by atoms with Crippen LogP contribution in [0.5, 0.6) is 0 Å². The molecule has 0 aromatic heterocycles. The smallest absolute Gasteiger partial charge is 0.114 e. The van der Waals surface area contributed by atoms with Gasteiger partial charge in [0.25, 0.3) is 0 Å². The van der Waals surface area contributed by atoms with Crippen molar-refractivity contribution in [2.45, 2.75) is 51.7 Å². The first-order chi connectivity index (χ1) is 11.1. The summed E-state index contributed by atoms with van der Waals surface area (Å²) >= 11 is 0. The summed E-state index contributed by atoms with van der Waals surface area (Å²) in [5.74, 6) is 2.22. The average molecular weight is 319 g/mol. The van der Waals surface area contributed by atoms with Gasteiger partial charge < -0.3 is 9.47 Å². The van der Waals surface area contributed by atoms with E-state index in [0.29, 0.717) is 18.1 Å². The van der Waals surface area contributed by atoms with Crippen LogP contribution in [0.15, 0.2) is 36.1 Å². The van der Waals surface area contributed by atoms with Crippen LogP contribution in [-0.4, -0.2) is 44.4 Å². The predicted molar refractivity (Wildman–Crippen MR) is 96.3 cm³/mol. The van der Waals surface area contributed by atoms with Crippen molar-refractivity contribution in [3.8, 4) is 0 Å². The molecule has 0 N–H and O–H groups in total. The van der Waals surface area contributed by atoms with E-state index in [4.69, 9.17) is 9.47 Å². The minimum Gasteiger partial charge on any atom is -0.497 e. The van der Waals surface area contributed by atoms with Gasteiger partial charge in [0.15, 0.2) is 0 Å². The van der Waals surface area contributed by atoms with Crippen LogP contribution >= 0.6 is 0 Å². The standard InChI is InChI=1S/C20H33NO2/c1-16(2)13-14-21(18-9-11-19(22-3)12-10-18)15-17-7-5-6-8-20(17)23-4/h5,7,9,11-12,16-18,20H,6,8,10,13-15H2,1-4H3. The molecule has 23 heavy (non-hydrogen) atoms. The van der Waals surface area contributed by atoms with Crippen molar-refractivity contribution in [3.05, 3.63) is 36.1 Å². The molecular formula is C20H33NO2. The third-order valence-corrected chi connectivity index (χ3v) is 4.97.